The predicted molar refractivity (Wildman–Crippen MR) is 121 cm³/mol. The number of ether oxygens (including phenoxy) is 2. The Balaban J connectivity index is 1.30. The fraction of sp³-hybridized carbons (Fsp3) is 0.280. The highest BCUT2D eigenvalue weighted by Gasteiger charge is 2.59. The van der Waals surface area contributed by atoms with E-state index < -0.39 is 11.7 Å². The van der Waals surface area contributed by atoms with Crippen LogP contribution in [0.1, 0.15) is 12.0 Å². The van der Waals surface area contributed by atoms with Crippen molar-refractivity contribution in [3.05, 3.63) is 66.0 Å². The summed E-state index contributed by atoms with van der Waals surface area (Å²) in [5, 5.41) is 7.75. The van der Waals surface area contributed by atoms with Gasteiger partial charge in [-0.05, 0) is 54.7 Å². The molecule has 2 fully saturated rings. The van der Waals surface area contributed by atoms with E-state index in [0.717, 1.165) is 11.4 Å². The number of carbonyl (C=O) groups is 3. The van der Waals surface area contributed by atoms with E-state index in [1.54, 1.807) is 18.2 Å². The Morgan fingerprint density at radius 1 is 1.12 bits per heavy atom. The standard InChI is InChI=1S/C25H22FN3O5/c1-33-19-4-2-3-16(23(19)34-13-20(30)28-18-9-7-17(26)8-10-18)12-27-29-24(31)21-14-5-6-15(11-14)22(21)25(29)32/h2-10,12,14-15,21-22H,11,13H2,1H3,(H,28,30). The molecule has 2 bridgehead atoms. The Hall–Kier alpha value is -4.01. The van der Waals surface area contributed by atoms with Gasteiger partial charge in [0.2, 0.25) is 0 Å². The Bertz CT molecular complexity index is 1180. The van der Waals surface area contributed by atoms with Gasteiger partial charge in [0.1, 0.15) is 5.82 Å². The summed E-state index contributed by atoms with van der Waals surface area (Å²) in [6, 6.07) is 10.4. The number of benzene rings is 2. The summed E-state index contributed by atoms with van der Waals surface area (Å²) >= 11 is 0. The van der Waals surface area contributed by atoms with Gasteiger partial charge in [0.05, 0.1) is 25.2 Å². The number of halogens is 1. The van der Waals surface area contributed by atoms with Crippen LogP contribution in [0.15, 0.2) is 59.7 Å². The Kier molecular flexibility index (Phi) is 5.61. The number of hydrogen-bond donors (Lipinski definition) is 1. The molecule has 8 nitrogen and oxygen atoms in total. The molecule has 1 saturated heterocycles. The van der Waals surface area contributed by atoms with Gasteiger partial charge in [-0.1, -0.05) is 18.2 Å². The molecule has 2 aliphatic carbocycles. The van der Waals surface area contributed by atoms with E-state index in [0.29, 0.717) is 17.0 Å². The van der Waals surface area contributed by atoms with Crippen molar-refractivity contribution < 1.29 is 28.2 Å². The molecule has 1 saturated carbocycles. The first-order valence-electron chi connectivity index (χ1n) is 10.9. The molecule has 5 rings (SSSR count). The average molecular weight is 463 g/mol. The van der Waals surface area contributed by atoms with Crippen molar-refractivity contribution in [1.29, 1.82) is 0 Å². The second-order valence-electron chi connectivity index (χ2n) is 8.46. The van der Waals surface area contributed by atoms with Crippen molar-refractivity contribution in [3.8, 4) is 11.5 Å². The van der Waals surface area contributed by atoms with Crippen molar-refractivity contribution in [2.24, 2.45) is 28.8 Å². The number of amides is 3. The maximum absolute atomic E-state index is 13.0. The third-order valence-corrected chi connectivity index (χ3v) is 6.46. The highest BCUT2D eigenvalue weighted by Crippen LogP contribution is 2.52. The van der Waals surface area contributed by atoms with Crippen LogP contribution in [0.25, 0.3) is 0 Å². The zero-order valence-electron chi connectivity index (χ0n) is 18.3. The van der Waals surface area contributed by atoms with Crippen LogP contribution in [0, 0.1) is 29.5 Å². The topological polar surface area (TPSA) is 97.3 Å². The summed E-state index contributed by atoms with van der Waals surface area (Å²) in [4.78, 5) is 38.0. The first-order valence-corrected chi connectivity index (χ1v) is 10.9. The lowest BCUT2D eigenvalue weighted by Gasteiger charge is -2.14. The molecule has 174 valence electrons. The fourth-order valence-corrected chi connectivity index (χ4v) is 4.94. The predicted octanol–water partition coefficient (Wildman–Crippen LogP) is 2.99. The van der Waals surface area contributed by atoms with Crippen LogP contribution in [-0.4, -0.2) is 42.7 Å². The quantitative estimate of drug-likeness (QED) is 0.387. The van der Waals surface area contributed by atoms with Gasteiger partial charge >= 0.3 is 0 Å². The molecule has 0 aromatic heterocycles. The molecule has 2 aromatic carbocycles. The van der Waals surface area contributed by atoms with Crippen LogP contribution >= 0.6 is 0 Å². The molecule has 1 heterocycles. The SMILES string of the molecule is COc1cccc(C=NN2C(=O)C3C4C=CC(C4)C3C2=O)c1OCC(=O)Nc1ccc(F)cc1. The number of carbonyl (C=O) groups excluding carboxylic acids is 3. The lowest BCUT2D eigenvalue weighted by atomic mass is 9.85. The average Bonchev–Trinajstić information content (AvgIpc) is 3.52. The van der Waals surface area contributed by atoms with Crippen LogP contribution in [0.4, 0.5) is 10.1 Å². The minimum Gasteiger partial charge on any atom is -0.493 e. The minimum absolute atomic E-state index is 0.0991. The van der Waals surface area contributed by atoms with Gasteiger partial charge in [0.25, 0.3) is 17.7 Å². The van der Waals surface area contributed by atoms with Crippen molar-refractivity contribution in [3.63, 3.8) is 0 Å². The third-order valence-electron chi connectivity index (χ3n) is 6.46. The van der Waals surface area contributed by atoms with Crippen LogP contribution in [0.2, 0.25) is 0 Å². The summed E-state index contributed by atoms with van der Waals surface area (Å²) in [6.45, 7) is -0.348. The van der Waals surface area contributed by atoms with Crippen LogP contribution in [0.3, 0.4) is 0 Å². The molecule has 0 spiro atoms. The number of imide groups is 1. The molecular weight excluding hydrogens is 441 g/mol. The van der Waals surface area contributed by atoms with E-state index in [9.17, 15) is 18.8 Å². The van der Waals surface area contributed by atoms with Gasteiger partial charge in [0, 0.05) is 11.3 Å². The Labute approximate surface area is 195 Å². The molecule has 9 heteroatoms. The highest BCUT2D eigenvalue weighted by atomic mass is 19.1. The molecule has 34 heavy (non-hydrogen) atoms. The Morgan fingerprint density at radius 2 is 1.79 bits per heavy atom. The van der Waals surface area contributed by atoms with Crippen LogP contribution in [0.5, 0.6) is 11.5 Å². The number of methoxy groups -OCH3 is 1. The van der Waals surface area contributed by atoms with Crippen LogP contribution < -0.4 is 14.8 Å². The fourth-order valence-electron chi connectivity index (χ4n) is 4.94. The summed E-state index contributed by atoms with van der Waals surface area (Å²) < 4.78 is 24.1. The van der Waals surface area contributed by atoms with Gasteiger partial charge in [-0.25, -0.2) is 4.39 Å². The number of nitrogens with zero attached hydrogens (tertiary/aromatic N) is 2. The molecule has 2 aromatic rings. The smallest absolute Gasteiger partial charge is 0.262 e. The number of hydrogen-bond acceptors (Lipinski definition) is 6. The monoisotopic (exact) mass is 463 g/mol. The van der Waals surface area contributed by atoms with E-state index >= 15 is 0 Å². The lowest BCUT2D eigenvalue weighted by Crippen LogP contribution is -2.28. The normalized spacial score (nSPS) is 24.7. The second kappa shape index (κ2) is 8.74. The molecule has 0 radical (unpaired) electrons. The zero-order chi connectivity index (χ0) is 23.8. The van der Waals surface area contributed by atoms with Crippen molar-refractivity contribution in [2.75, 3.05) is 19.0 Å². The second-order valence-corrected chi connectivity index (χ2v) is 8.46. The largest absolute Gasteiger partial charge is 0.493 e. The summed E-state index contributed by atoms with van der Waals surface area (Å²) in [7, 11) is 1.46. The number of hydrazone groups is 1. The van der Waals surface area contributed by atoms with Gasteiger partial charge in [0.15, 0.2) is 18.1 Å². The first-order chi connectivity index (χ1) is 16.5. The summed E-state index contributed by atoms with van der Waals surface area (Å²) in [5.41, 5.74) is 0.865. The maximum atomic E-state index is 13.0. The third kappa shape index (κ3) is 3.83. The molecule has 3 aliphatic rings. The molecule has 4 atom stereocenters. The highest BCUT2D eigenvalue weighted by molar-refractivity contribution is 6.07. The van der Waals surface area contributed by atoms with Crippen molar-refractivity contribution in [2.45, 2.75) is 6.42 Å². The number of allylic oxidation sites excluding steroid dienone is 2. The number of para-hydroxylation sites is 1. The summed E-state index contributed by atoms with van der Waals surface area (Å²) in [6.07, 6.45) is 6.25. The number of nitrogens with one attached hydrogen (secondary N) is 1. The number of fused-ring (bicyclic) bond motifs is 5. The van der Waals surface area contributed by atoms with Gasteiger partial charge in [-0.15, -0.1) is 0 Å². The molecule has 1 N–H and O–H groups in total. The van der Waals surface area contributed by atoms with Crippen molar-refractivity contribution in [1.82, 2.24) is 5.01 Å². The summed E-state index contributed by atoms with van der Waals surface area (Å²) in [5.74, 6) is -1.31. The number of anilines is 1. The van der Waals surface area contributed by atoms with E-state index in [1.165, 1.54) is 37.6 Å². The minimum atomic E-state index is -0.457. The molecular formula is C25H22FN3O5. The first kappa shape index (κ1) is 21.8. The van der Waals surface area contributed by atoms with E-state index in [-0.39, 0.29) is 47.8 Å². The number of rotatable bonds is 7. The lowest BCUT2D eigenvalue weighted by molar-refractivity contribution is -0.140. The maximum Gasteiger partial charge on any atom is 0.262 e. The van der Waals surface area contributed by atoms with Crippen molar-refractivity contribution >= 4 is 29.6 Å². The molecule has 4 unspecified atom stereocenters. The Morgan fingerprint density at radius 3 is 2.44 bits per heavy atom. The molecule has 1 aliphatic heterocycles. The van der Waals surface area contributed by atoms with Gasteiger partial charge in [-0.3, -0.25) is 14.4 Å². The van der Waals surface area contributed by atoms with E-state index in [2.05, 4.69) is 10.4 Å². The molecule has 3 amide bonds. The van der Waals surface area contributed by atoms with E-state index in [1.807, 2.05) is 12.2 Å². The van der Waals surface area contributed by atoms with Crippen LogP contribution in [-0.2, 0) is 14.4 Å². The zero-order valence-corrected chi connectivity index (χ0v) is 18.3. The van der Waals surface area contributed by atoms with Gasteiger partial charge < -0.3 is 14.8 Å². The van der Waals surface area contributed by atoms with Gasteiger partial charge in [-0.2, -0.15) is 10.1 Å². The van der Waals surface area contributed by atoms with E-state index in [4.69, 9.17) is 9.47 Å².